The minimum Gasteiger partial charge on any atom is -0.351 e. The molecular weight excluding hydrogens is 279 g/mol. The average molecular weight is 296 g/mol. The highest BCUT2D eigenvalue weighted by atomic mass is 19.1. The lowest BCUT2D eigenvalue weighted by atomic mass is 10.2. The van der Waals surface area contributed by atoms with E-state index in [0.717, 1.165) is 16.5 Å². The van der Waals surface area contributed by atoms with Gasteiger partial charge in [-0.25, -0.2) is 4.39 Å². The highest BCUT2D eigenvalue weighted by molar-refractivity contribution is 5.98. The van der Waals surface area contributed by atoms with Crippen LogP contribution in [0.15, 0.2) is 48.5 Å². The van der Waals surface area contributed by atoms with E-state index in [1.54, 1.807) is 25.2 Å². The molecule has 0 saturated carbocycles. The number of halogens is 1. The molecule has 0 radical (unpaired) electrons. The van der Waals surface area contributed by atoms with E-state index in [-0.39, 0.29) is 18.3 Å². The molecule has 0 bridgehead atoms. The Balaban J connectivity index is 1.84. The summed E-state index contributed by atoms with van der Waals surface area (Å²) in [7, 11) is 1.67. The summed E-state index contributed by atoms with van der Waals surface area (Å²) in [5.74, 6) is -0.452. The second-order valence-corrected chi connectivity index (χ2v) is 5.53. The topological polar surface area (TPSA) is 36.1 Å². The van der Waals surface area contributed by atoms with Gasteiger partial charge >= 0.3 is 0 Å². The zero-order valence-corrected chi connectivity index (χ0v) is 12.6. The van der Waals surface area contributed by atoms with Crippen molar-refractivity contribution in [3.8, 4) is 0 Å². The molecule has 0 saturated heterocycles. The van der Waals surface area contributed by atoms with Crippen LogP contribution in [0.25, 0.3) is 10.9 Å². The number of hydrogen-bond acceptors (Lipinski definition) is 1. The summed E-state index contributed by atoms with van der Waals surface area (Å²) in [5.41, 5.74) is 3.08. The predicted molar refractivity (Wildman–Crippen MR) is 85.2 cm³/mol. The lowest BCUT2D eigenvalue weighted by Crippen LogP contribution is -2.26. The Kier molecular flexibility index (Phi) is 3.67. The van der Waals surface area contributed by atoms with E-state index in [9.17, 15) is 9.18 Å². The lowest BCUT2D eigenvalue weighted by Gasteiger charge is -2.16. The van der Waals surface area contributed by atoms with Crippen molar-refractivity contribution in [2.45, 2.75) is 13.5 Å². The van der Waals surface area contributed by atoms with Gasteiger partial charge in [-0.1, -0.05) is 30.3 Å². The fraction of sp³-hybridized carbons (Fsp3) is 0.167. The summed E-state index contributed by atoms with van der Waals surface area (Å²) < 4.78 is 13.7. The molecule has 1 heterocycles. The van der Waals surface area contributed by atoms with Gasteiger partial charge < -0.3 is 9.88 Å². The van der Waals surface area contributed by atoms with Crippen LogP contribution in [0.4, 0.5) is 4.39 Å². The van der Waals surface area contributed by atoms with Crippen molar-refractivity contribution in [1.29, 1.82) is 0 Å². The fourth-order valence-corrected chi connectivity index (χ4v) is 2.52. The number of aromatic amines is 1. The molecule has 3 aromatic rings. The molecule has 3 nitrogen and oxygen atoms in total. The van der Waals surface area contributed by atoms with E-state index < -0.39 is 0 Å². The number of aryl methyl sites for hydroxylation is 1. The number of carbonyl (C=O) groups excluding carboxylic acids is 1. The monoisotopic (exact) mass is 296 g/mol. The summed E-state index contributed by atoms with van der Waals surface area (Å²) in [6.45, 7) is 2.24. The van der Waals surface area contributed by atoms with Gasteiger partial charge in [0.05, 0.1) is 0 Å². The van der Waals surface area contributed by atoms with Crippen LogP contribution in [0, 0.1) is 12.7 Å². The van der Waals surface area contributed by atoms with Gasteiger partial charge in [0.25, 0.3) is 5.91 Å². The Morgan fingerprint density at radius 1 is 1.18 bits per heavy atom. The first-order chi connectivity index (χ1) is 10.5. The van der Waals surface area contributed by atoms with Crippen LogP contribution in [-0.4, -0.2) is 22.8 Å². The molecule has 112 valence electrons. The number of H-pyrrole nitrogens is 1. The van der Waals surface area contributed by atoms with E-state index in [4.69, 9.17) is 0 Å². The number of nitrogens with zero attached hydrogens (tertiary/aromatic N) is 1. The van der Waals surface area contributed by atoms with Crippen LogP contribution in [0.1, 0.15) is 21.6 Å². The Bertz CT molecular complexity index is 838. The molecule has 1 N–H and O–H groups in total. The number of benzene rings is 2. The molecule has 0 atom stereocenters. The zero-order valence-electron chi connectivity index (χ0n) is 12.6. The van der Waals surface area contributed by atoms with Gasteiger partial charge in [0, 0.05) is 30.1 Å². The van der Waals surface area contributed by atoms with Crippen molar-refractivity contribution >= 4 is 16.8 Å². The molecule has 0 spiro atoms. The smallest absolute Gasteiger partial charge is 0.270 e. The Hall–Kier alpha value is -2.62. The average Bonchev–Trinajstić information content (AvgIpc) is 2.91. The summed E-state index contributed by atoms with van der Waals surface area (Å²) in [6, 6.07) is 14.3. The van der Waals surface area contributed by atoms with Gasteiger partial charge in [-0.15, -0.1) is 0 Å². The third-order valence-electron chi connectivity index (χ3n) is 3.72. The molecule has 3 rings (SSSR count). The molecule has 0 fully saturated rings. The number of fused-ring (bicyclic) bond motifs is 1. The van der Waals surface area contributed by atoms with Crippen molar-refractivity contribution < 1.29 is 9.18 Å². The first kappa shape index (κ1) is 14.3. The highest BCUT2D eigenvalue weighted by Crippen LogP contribution is 2.18. The summed E-state index contributed by atoms with van der Waals surface area (Å²) in [5, 5.41) is 0.994. The van der Waals surface area contributed by atoms with Gasteiger partial charge in [-0.05, 0) is 30.7 Å². The number of hydrogen-bond donors (Lipinski definition) is 1. The summed E-state index contributed by atoms with van der Waals surface area (Å²) in [4.78, 5) is 17.1. The number of amides is 1. The molecule has 0 aliphatic carbocycles. The van der Waals surface area contributed by atoms with E-state index in [1.165, 1.54) is 11.0 Å². The lowest BCUT2D eigenvalue weighted by molar-refractivity contribution is 0.0779. The molecule has 22 heavy (non-hydrogen) atoms. The normalized spacial score (nSPS) is 10.9. The van der Waals surface area contributed by atoms with E-state index in [2.05, 4.69) is 4.98 Å². The van der Waals surface area contributed by atoms with Crippen LogP contribution in [-0.2, 0) is 6.54 Å². The molecule has 2 aromatic carbocycles. The van der Waals surface area contributed by atoms with Gasteiger partial charge in [0.15, 0.2) is 0 Å². The van der Waals surface area contributed by atoms with E-state index in [0.29, 0.717) is 11.3 Å². The summed E-state index contributed by atoms with van der Waals surface area (Å²) in [6.07, 6.45) is 0. The first-order valence-corrected chi connectivity index (χ1v) is 7.13. The standard InChI is InChI=1S/C18H17FN2O/c1-12-7-8-13-10-17(20-16(13)9-12)18(22)21(2)11-14-5-3-4-6-15(14)19/h3-10,20H,11H2,1-2H3. The fourth-order valence-electron chi connectivity index (χ4n) is 2.52. The largest absolute Gasteiger partial charge is 0.351 e. The van der Waals surface area contributed by atoms with Crippen LogP contribution < -0.4 is 0 Å². The molecule has 4 heteroatoms. The van der Waals surface area contributed by atoms with Crippen LogP contribution >= 0.6 is 0 Å². The Morgan fingerprint density at radius 3 is 2.73 bits per heavy atom. The molecule has 1 aromatic heterocycles. The van der Waals surface area contributed by atoms with Gasteiger partial charge in [0.1, 0.15) is 11.5 Å². The van der Waals surface area contributed by atoms with E-state index in [1.807, 2.05) is 31.2 Å². The quantitative estimate of drug-likeness (QED) is 0.782. The van der Waals surface area contributed by atoms with Crippen molar-refractivity contribution in [1.82, 2.24) is 9.88 Å². The SMILES string of the molecule is Cc1ccc2cc(C(=O)N(C)Cc3ccccc3F)[nH]c2c1. The predicted octanol–water partition coefficient (Wildman–Crippen LogP) is 3.89. The minimum atomic E-state index is -0.297. The Morgan fingerprint density at radius 2 is 1.95 bits per heavy atom. The maximum Gasteiger partial charge on any atom is 0.270 e. The van der Waals surface area contributed by atoms with Gasteiger partial charge in [-0.3, -0.25) is 4.79 Å². The van der Waals surface area contributed by atoms with Crippen LogP contribution in [0.3, 0.4) is 0 Å². The molecule has 0 aliphatic heterocycles. The highest BCUT2D eigenvalue weighted by Gasteiger charge is 2.16. The minimum absolute atomic E-state index is 0.155. The van der Waals surface area contributed by atoms with Gasteiger partial charge in [0.2, 0.25) is 0 Å². The first-order valence-electron chi connectivity index (χ1n) is 7.13. The van der Waals surface area contributed by atoms with E-state index >= 15 is 0 Å². The van der Waals surface area contributed by atoms with Gasteiger partial charge in [-0.2, -0.15) is 0 Å². The summed E-state index contributed by atoms with van der Waals surface area (Å²) >= 11 is 0. The number of nitrogens with one attached hydrogen (secondary N) is 1. The molecular formula is C18H17FN2O. The maximum absolute atomic E-state index is 13.7. The second kappa shape index (κ2) is 5.64. The molecule has 0 aliphatic rings. The maximum atomic E-state index is 13.7. The third-order valence-corrected chi connectivity index (χ3v) is 3.72. The zero-order chi connectivity index (χ0) is 15.7. The van der Waals surface area contributed by atoms with Crippen molar-refractivity contribution in [3.63, 3.8) is 0 Å². The van der Waals surface area contributed by atoms with Crippen molar-refractivity contribution in [2.24, 2.45) is 0 Å². The van der Waals surface area contributed by atoms with Crippen LogP contribution in [0.2, 0.25) is 0 Å². The van der Waals surface area contributed by atoms with Crippen molar-refractivity contribution in [3.05, 3.63) is 71.2 Å². The molecule has 1 amide bonds. The number of rotatable bonds is 3. The third kappa shape index (κ3) is 2.72. The molecule has 0 unspecified atom stereocenters. The number of carbonyl (C=O) groups is 1. The Labute approximate surface area is 128 Å². The second-order valence-electron chi connectivity index (χ2n) is 5.53. The van der Waals surface area contributed by atoms with Crippen LogP contribution in [0.5, 0.6) is 0 Å². The van der Waals surface area contributed by atoms with Crippen molar-refractivity contribution in [2.75, 3.05) is 7.05 Å². The number of aromatic nitrogens is 1.